The minimum absolute atomic E-state index is 0.135. The van der Waals surface area contributed by atoms with Crippen molar-refractivity contribution in [3.05, 3.63) is 28.3 Å². The standard InChI is InChI=1S/C13H21ClN2O2S2/c1-4-19-8-9(2)16-20(17,18)13-6-12(14)5-11(7-15)10(13)3/h5-6,9,16H,4,7-8,15H2,1-3H3. The number of rotatable bonds is 7. The summed E-state index contributed by atoms with van der Waals surface area (Å²) in [5.74, 6) is 1.69. The summed E-state index contributed by atoms with van der Waals surface area (Å²) < 4.78 is 27.5. The summed E-state index contributed by atoms with van der Waals surface area (Å²) in [5, 5.41) is 0.381. The Labute approximate surface area is 130 Å². The molecule has 114 valence electrons. The number of nitrogens with two attached hydrogens (primary N) is 1. The summed E-state index contributed by atoms with van der Waals surface area (Å²) in [6, 6.07) is 3.04. The Morgan fingerprint density at radius 1 is 1.45 bits per heavy atom. The quantitative estimate of drug-likeness (QED) is 0.802. The number of nitrogens with one attached hydrogen (secondary N) is 1. The molecule has 1 aromatic rings. The molecule has 0 saturated carbocycles. The molecule has 1 rings (SSSR count). The average molecular weight is 337 g/mol. The molecule has 1 atom stereocenters. The lowest BCUT2D eigenvalue weighted by Crippen LogP contribution is -2.34. The van der Waals surface area contributed by atoms with Gasteiger partial charge in [0, 0.05) is 23.4 Å². The van der Waals surface area contributed by atoms with E-state index < -0.39 is 10.0 Å². The zero-order valence-corrected chi connectivity index (χ0v) is 14.3. The molecule has 0 heterocycles. The van der Waals surface area contributed by atoms with Gasteiger partial charge in [-0.1, -0.05) is 18.5 Å². The van der Waals surface area contributed by atoms with Crippen LogP contribution in [-0.2, 0) is 16.6 Å². The summed E-state index contributed by atoms with van der Waals surface area (Å²) >= 11 is 7.67. The van der Waals surface area contributed by atoms with Crippen LogP contribution in [0.2, 0.25) is 5.02 Å². The van der Waals surface area contributed by atoms with Gasteiger partial charge in [-0.05, 0) is 42.9 Å². The Balaban J connectivity index is 3.06. The van der Waals surface area contributed by atoms with Crippen molar-refractivity contribution in [3.63, 3.8) is 0 Å². The zero-order chi connectivity index (χ0) is 15.3. The molecular weight excluding hydrogens is 316 g/mol. The van der Waals surface area contributed by atoms with Crippen molar-refractivity contribution in [2.24, 2.45) is 5.73 Å². The van der Waals surface area contributed by atoms with Crippen molar-refractivity contribution in [2.75, 3.05) is 11.5 Å². The minimum atomic E-state index is -3.58. The van der Waals surface area contributed by atoms with E-state index in [9.17, 15) is 8.42 Å². The third kappa shape index (κ3) is 4.63. The van der Waals surface area contributed by atoms with Crippen LogP contribution < -0.4 is 10.5 Å². The molecule has 3 N–H and O–H groups in total. The molecule has 0 saturated heterocycles. The summed E-state index contributed by atoms with van der Waals surface area (Å²) in [4.78, 5) is 0.207. The van der Waals surface area contributed by atoms with E-state index in [1.165, 1.54) is 6.07 Å². The highest BCUT2D eigenvalue weighted by molar-refractivity contribution is 7.99. The summed E-state index contributed by atoms with van der Waals surface area (Å²) in [6.45, 7) is 5.90. The van der Waals surface area contributed by atoms with E-state index in [1.54, 1.807) is 24.8 Å². The molecule has 7 heteroatoms. The molecule has 0 aromatic heterocycles. The van der Waals surface area contributed by atoms with Gasteiger partial charge < -0.3 is 5.73 Å². The highest BCUT2D eigenvalue weighted by Gasteiger charge is 2.21. The van der Waals surface area contributed by atoms with Gasteiger partial charge in [0.1, 0.15) is 0 Å². The molecule has 0 spiro atoms. The van der Waals surface area contributed by atoms with E-state index >= 15 is 0 Å². The Kier molecular flexibility index (Phi) is 6.81. The van der Waals surface area contributed by atoms with Gasteiger partial charge in [0.25, 0.3) is 0 Å². The Bertz CT molecular complexity index is 562. The molecule has 0 fully saturated rings. The van der Waals surface area contributed by atoms with Crippen molar-refractivity contribution in [1.82, 2.24) is 4.72 Å². The predicted molar refractivity (Wildman–Crippen MR) is 86.9 cm³/mol. The van der Waals surface area contributed by atoms with E-state index in [1.807, 2.05) is 13.8 Å². The third-order valence-electron chi connectivity index (χ3n) is 2.87. The first kappa shape index (κ1) is 17.8. The van der Waals surface area contributed by atoms with Gasteiger partial charge >= 0.3 is 0 Å². The summed E-state index contributed by atoms with van der Waals surface area (Å²) in [7, 11) is -3.58. The molecular formula is C13H21ClN2O2S2. The first-order valence-electron chi connectivity index (χ1n) is 6.41. The SMILES string of the molecule is CCSCC(C)NS(=O)(=O)c1cc(Cl)cc(CN)c1C. The molecule has 0 bridgehead atoms. The van der Waals surface area contributed by atoms with Crippen molar-refractivity contribution in [3.8, 4) is 0 Å². The monoisotopic (exact) mass is 336 g/mol. The lowest BCUT2D eigenvalue weighted by atomic mass is 10.1. The largest absolute Gasteiger partial charge is 0.326 e. The Morgan fingerprint density at radius 3 is 2.65 bits per heavy atom. The first-order chi connectivity index (χ1) is 9.31. The van der Waals surface area contributed by atoms with Gasteiger partial charge in [-0.3, -0.25) is 0 Å². The van der Waals surface area contributed by atoms with Crippen LogP contribution in [0.25, 0.3) is 0 Å². The van der Waals surface area contributed by atoms with Crippen molar-refractivity contribution < 1.29 is 8.42 Å². The molecule has 20 heavy (non-hydrogen) atoms. The highest BCUT2D eigenvalue weighted by atomic mass is 35.5. The summed E-state index contributed by atoms with van der Waals surface area (Å²) in [5.41, 5.74) is 7.02. The maximum Gasteiger partial charge on any atom is 0.241 e. The van der Waals surface area contributed by atoms with Gasteiger partial charge in [0.15, 0.2) is 0 Å². The van der Waals surface area contributed by atoms with Crippen LogP contribution in [0.1, 0.15) is 25.0 Å². The molecule has 4 nitrogen and oxygen atoms in total. The fourth-order valence-electron chi connectivity index (χ4n) is 1.86. The minimum Gasteiger partial charge on any atom is -0.326 e. The number of hydrogen-bond acceptors (Lipinski definition) is 4. The number of benzene rings is 1. The Hall–Kier alpha value is -0.270. The maximum absolute atomic E-state index is 12.4. The predicted octanol–water partition coefficient (Wildman–Crippen LogP) is 2.53. The third-order valence-corrected chi connectivity index (χ3v) is 5.95. The second-order valence-corrected chi connectivity index (χ2v) is 8.01. The van der Waals surface area contributed by atoms with Crippen LogP contribution in [0, 0.1) is 6.92 Å². The highest BCUT2D eigenvalue weighted by Crippen LogP contribution is 2.24. The van der Waals surface area contributed by atoms with Gasteiger partial charge in [-0.25, -0.2) is 13.1 Å². The molecule has 0 aliphatic rings. The van der Waals surface area contributed by atoms with Crippen molar-refractivity contribution in [1.29, 1.82) is 0 Å². The number of hydrogen-bond donors (Lipinski definition) is 2. The average Bonchev–Trinajstić information content (AvgIpc) is 2.37. The number of halogens is 1. The first-order valence-corrected chi connectivity index (χ1v) is 9.42. The molecule has 0 amide bonds. The fraction of sp³-hybridized carbons (Fsp3) is 0.538. The fourth-order valence-corrected chi connectivity index (χ4v) is 4.50. The molecule has 1 unspecified atom stereocenters. The van der Waals surface area contributed by atoms with Crippen LogP contribution in [0.4, 0.5) is 0 Å². The van der Waals surface area contributed by atoms with Crippen molar-refractivity contribution in [2.45, 2.75) is 38.3 Å². The topological polar surface area (TPSA) is 72.2 Å². The number of thioether (sulfide) groups is 1. The maximum atomic E-state index is 12.4. The molecule has 0 aliphatic heterocycles. The van der Waals surface area contributed by atoms with Crippen LogP contribution in [0.3, 0.4) is 0 Å². The Morgan fingerprint density at radius 2 is 2.10 bits per heavy atom. The summed E-state index contributed by atoms with van der Waals surface area (Å²) in [6.07, 6.45) is 0. The second kappa shape index (κ2) is 7.66. The normalized spacial score (nSPS) is 13.4. The second-order valence-electron chi connectivity index (χ2n) is 4.57. The van der Waals surface area contributed by atoms with Crippen LogP contribution in [0.15, 0.2) is 17.0 Å². The lowest BCUT2D eigenvalue weighted by Gasteiger charge is -2.16. The van der Waals surface area contributed by atoms with Gasteiger partial charge in [0.2, 0.25) is 10.0 Å². The van der Waals surface area contributed by atoms with Crippen LogP contribution in [0.5, 0.6) is 0 Å². The van der Waals surface area contributed by atoms with E-state index in [2.05, 4.69) is 4.72 Å². The van der Waals surface area contributed by atoms with Gasteiger partial charge in [-0.2, -0.15) is 11.8 Å². The molecule has 0 aliphatic carbocycles. The van der Waals surface area contributed by atoms with Gasteiger partial charge in [0.05, 0.1) is 4.90 Å². The van der Waals surface area contributed by atoms with E-state index in [4.69, 9.17) is 17.3 Å². The number of sulfonamides is 1. The van der Waals surface area contributed by atoms with E-state index in [0.29, 0.717) is 10.6 Å². The lowest BCUT2D eigenvalue weighted by molar-refractivity contribution is 0.570. The van der Waals surface area contributed by atoms with E-state index in [0.717, 1.165) is 17.1 Å². The van der Waals surface area contributed by atoms with Gasteiger partial charge in [-0.15, -0.1) is 0 Å². The molecule has 0 radical (unpaired) electrons. The van der Waals surface area contributed by atoms with E-state index in [-0.39, 0.29) is 17.5 Å². The smallest absolute Gasteiger partial charge is 0.241 e. The zero-order valence-electron chi connectivity index (χ0n) is 11.9. The van der Waals surface area contributed by atoms with Crippen LogP contribution in [-0.4, -0.2) is 26.0 Å². The molecule has 1 aromatic carbocycles. The van der Waals surface area contributed by atoms with Crippen molar-refractivity contribution >= 4 is 33.4 Å². The van der Waals surface area contributed by atoms with Crippen LogP contribution >= 0.6 is 23.4 Å².